The second-order valence-electron chi connectivity index (χ2n) is 3.25. The van der Waals surface area contributed by atoms with E-state index < -0.39 is 35.1 Å². The molecule has 2 fully saturated rings. The maximum atomic E-state index is 12.8. The number of halogens is 7. The Kier molecular flexibility index (Phi) is 1.24. The summed E-state index contributed by atoms with van der Waals surface area (Å²) >= 11 is 0. The number of fused-ring (bicyclic) bond motifs is 1. The largest absolute Gasteiger partial charge is 0.357 e. The fraction of sp³-hybridized carbons (Fsp3) is 0.833. The highest BCUT2D eigenvalue weighted by atomic mass is 19.3. The molecule has 0 aliphatic heterocycles. The third-order valence-corrected chi connectivity index (χ3v) is 2.70. The summed E-state index contributed by atoms with van der Waals surface area (Å²) < 4.78 is 87.1. The van der Waals surface area contributed by atoms with Crippen LogP contribution in [0.4, 0.5) is 30.7 Å². The maximum Gasteiger partial charge on any atom is 0.357 e. The first-order valence-corrected chi connectivity index (χ1v) is 3.38. The van der Waals surface area contributed by atoms with E-state index in [0.29, 0.717) is 0 Å². The molecule has 0 heterocycles. The summed E-state index contributed by atoms with van der Waals surface area (Å²) in [6.07, 6.45) is -3.53. The maximum absolute atomic E-state index is 12.8. The van der Waals surface area contributed by atoms with Gasteiger partial charge in [0, 0.05) is 0 Å². The molecule has 0 saturated heterocycles. The Morgan fingerprint density at radius 3 is 1.71 bits per heavy atom. The number of hydrogen-bond donors (Lipinski definition) is 0. The third-order valence-electron chi connectivity index (χ3n) is 2.70. The van der Waals surface area contributed by atoms with Gasteiger partial charge in [-0.05, 0) is 0 Å². The molecule has 0 amide bonds. The lowest BCUT2D eigenvalue weighted by atomic mass is 9.47. The van der Waals surface area contributed by atoms with Crippen LogP contribution >= 0.6 is 0 Å². The molecular formula is C6HF7O. The molecule has 0 aromatic carbocycles. The summed E-state index contributed by atoms with van der Waals surface area (Å²) in [5, 5.41) is 0. The fourth-order valence-corrected chi connectivity index (χ4v) is 1.77. The number of Topliss-reactive ketones (excluding diaryl/α,β-unsaturated/α-hetero) is 1. The highest BCUT2D eigenvalue weighted by Crippen LogP contribution is 2.75. The summed E-state index contributed by atoms with van der Waals surface area (Å²) in [5.74, 6) is -13.4. The highest BCUT2D eigenvalue weighted by molar-refractivity contribution is 6.06. The molecule has 0 radical (unpaired) electrons. The Bertz CT molecular complexity index is 339. The molecule has 3 atom stereocenters. The van der Waals surface area contributed by atoms with Crippen molar-refractivity contribution in [2.75, 3.05) is 0 Å². The topological polar surface area (TPSA) is 17.1 Å². The van der Waals surface area contributed by atoms with Crippen molar-refractivity contribution in [3.63, 3.8) is 0 Å². The Hall–Kier alpha value is -0.820. The van der Waals surface area contributed by atoms with Crippen LogP contribution in [0.2, 0.25) is 0 Å². The normalized spacial score (nSPS) is 53.1. The average molecular weight is 222 g/mol. The Balaban J connectivity index is 2.56. The Morgan fingerprint density at radius 2 is 1.36 bits per heavy atom. The zero-order valence-electron chi connectivity index (χ0n) is 6.13. The van der Waals surface area contributed by atoms with Gasteiger partial charge >= 0.3 is 11.8 Å². The first-order chi connectivity index (χ1) is 6.07. The van der Waals surface area contributed by atoms with Crippen LogP contribution in [-0.4, -0.2) is 35.1 Å². The van der Waals surface area contributed by atoms with E-state index in [1.54, 1.807) is 0 Å². The van der Waals surface area contributed by atoms with Gasteiger partial charge in [0.25, 0.3) is 11.3 Å². The van der Waals surface area contributed by atoms with E-state index in [-0.39, 0.29) is 0 Å². The molecule has 80 valence electrons. The zero-order chi connectivity index (χ0) is 11.2. The quantitative estimate of drug-likeness (QED) is 0.569. The first kappa shape index (κ1) is 9.72. The monoisotopic (exact) mass is 222 g/mol. The van der Waals surface area contributed by atoms with Gasteiger partial charge in [-0.2, -0.15) is 17.6 Å². The van der Waals surface area contributed by atoms with Crippen LogP contribution in [0.1, 0.15) is 0 Å². The lowest BCUT2D eigenvalue weighted by molar-refractivity contribution is -0.454. The standard InChI is InChI=1S/C6HF7O/c7-1-2(14)4(9)3(1,8)5(10,11)6(4,12)13/h1H/t1-,3+,4-/m0/s1. The molecule has 0 N–H and O–H groups in total. The van der Waals surface area contributed by atoms with Gasteiger partial charge in [-0.3, -0.25) is 4.79 Å². The van der Waals surface area contributed by atoms with E-state index in [9.17, 15) is 35.5 Å². The van der Waals surface area contributed by atoms with Gasteiger partial charge in [0.1, 0.15) is 0 Å². The van der Waals surface area contributed by atoms with Crippen molar-refractivity contribution < 1.29 is 35.5 Å². The molecule has 0 spiro atoms. The van der Waals surface area contributed by atoms with E-state index in [0.717, 1.165) is 0 Å². The second kappa shape index (κ2) is 1.79. The van der Waals surface area contributed by atoms with Crippen LogP contribution in [0.25, 0.3) is 0 Å². The number of rotatable bonds is 0. The van der Waals surface area contributed by atoms with E-state index >= 15 is 0 Å². The minimum absolute atomic E-state index is 2.46. The van der Waals surface area contributed by atoms with Gasteiger partial charge in [0.15, 0.2) is 0 Å². The predicted octanol–water partition coefficient (Wildman–Crippen LogP) is 1.61. The molecule has 2 saturated carbocycles. The summed E-state index contributed by atoms with van der Waals surface area (Å²) in [4.78, 5) is 10.3. The van der Waals surface area contributed by atoms with Gasteiger partial charge < -0.3 is 0 Å². The number of ketones is 1. The van der Waals surface area contributed by atoms with Gasteiger partial charge in [0.2, 0.25) is 12.0 Å². The van der Waals surface area contributed by atoms with Crippen molar-refractivity contribution in [2.24, 2.45) is 0 Å². The molecule has 2 aliphatic carbocycles. The lowest BCUT2D eigenvalue weighted by Gasteiger charge is -2.64. The van der Waals surface area contributed by atoms with Crippen molar-refractivity contribution in [3.8, 4) is 0 Å². The molecule has 0 aromatic heterocycles. The molecule has 0 bridgehead atoms. The van der Waals surface area contributed by atoms with Crippen molar-refractivity contribution in [2.45, 2.75) is 29.4 Å². The van der Waals surface area contributed by atoms with E-state index in [4.69, 9.17) is 0 Å². The van der Waals surface area contributed by atoms with E-state index in [2.05, 4.69) is 0 Å². The minimum atomic E-state index is -5.48. The molecule has 0 unspecified atom stereocenters. The number of hydrogen-bond acceptors (Lipinski definition) is 1. The second-order valence-corrected chi connectivity index (χ2v) is 3.25. The zero-order valence-corrected chi connectivity index (χ0v) is 6.13. The number of alkyl halides is 7. The van der Waals surface area contributed by atoms with Crippen LogP contribution in [0.3, 0.4) is 0 Å². The van der Waals surface area contributed by atoms with Crippen LogP contribution in [0, 0.1) is 0 Å². The number of carbonyl (C=O) groups excluding carboxylic acids is 1. The smallest absolute Gasteiger partial charge is 0.292 e. The summed E-state index contributed by atoms with van der Waals surface area (Å²) in [6.45, 7) is 0. The van der Waals surface area contributed by atoms with Gasteiger partial charge in [-0.1, -0.05) is 0 Å². The van der Waals surface area contributed by atoms with Gasteiger partial charge in [-0.25, -0.2) is 13.2 Å². The highest BCUT2D eigenvalue weighted by Gasteiger charge is 3.09. The summed E-state index contributed by atoms with van der Waals surface area (Å²) in [5.41, 5.74) is -9.41. The molecule has 2 aliphatic rings. The number of carbonyl (C=O) groups is 1. The molecule has 0 aromatic rings. The Morgan fingerprint density at radius 1 is 0.929 bits per heavy atom. The minimum Gasteiger partial charge on any atom is -0.292 e. The van der Waals surface area contributed by atoms with Gasteiger partial charge in [-0.15, -0.1) is 0 Å². The third kappa shape index (κ3) is 0.442. The van der Waals surface area contributed by atoms with Crippen molar-refractivity contribution in [3.05, 3.63) is 0 Å². The van der Waals surface area contributed by atoms with E-state index in [1.165, 1.54) is 0 Å². The lowest BCUT2D eigenvalue weighted by Crippen LogP contribution is -2.99. The SMILES string of the molecule is O=C1[C@H](F)[C@]2(F)C(F)(F)C(F)(F)[C@]12F. The molecule has 1 nitrogen and oxygen atoms in total. The fourth-order valence-electron chi connectivity index (χ4n) is 1.77. The molecular weight excluding hydrogens is 221 g/mol. The van der Waals surface area contributed by atoms with Crippen LogP contribution < -0.4 is 0 Å². The van der Waals surface area contributed by atoms with Crippen LogP contribution in [0.5, 0.6) is 0 Å². The Labute approximate surface area is 71.9 Å². The van der Waals surface area contributed by atoms with Crippen molar-refractivity contribution >= 4 is 5.78 Å². The average Bonchev–Trinajstić information content (AvgIpc) is 2.11. The van der Waals surface area contributed by atoms with E-state index in [1.807, 2.05) is 0 Å². The van der Waals surface area contributed by atoms with Crippen molar-refractivity contribution in [1.29, 1.82) is 0 Å². The first-order valence-electron chi connectivity index (χ1n) is 3.38. The molecule has 8 heteroatoms. The van der Waals surface area contributed by atoms with Gasteiger partial charge in [0.05, 0.1) is 0 Å². The molecule has 14 heavy (non-hydrogen) atoms. The van der Waals surface area contributed by atoms with Crippen LogP contribution in [-0.2, 0) is 4.79 Å². The summed E-state index contributed by atoms with van der Waals surface area (Å²) in [6, 6.07) is 0. The molecule has 2 rings (SSSR count). The van der Waals surface area contributed by atoms with Crippen LogP contribution in [0.15, 0.2) is 0 Å². The van der Waals surface area contributed by atoms with Crippen molar-refractivity contribution in [1.82, 2.24) is 0 Å². The predicted molar refractivity (Wildman–Crippen MR) is 27.5 cm³/mol. The summed E-state index contributed by atoms with van der Waals surface area (Å²) in [7, 11) is 0.